The molecular weight excluding hydrogens is 439 g/mol. The van der Waals surface area contributed by atoms with Gasteiger partial charge in [0, 0.05) is 18.7 Å². The van der Waals surface area contributed by atoms with Crippen molar-refractivity contribution in [3.63, 3.8) is 0 Å². The fourth-order valence-corrected chi connectivity index (χ4v) is 3.52. The molecule has 0 bridgehead atoms. The quantitative estimate of drug-likeness (QED) is 0.551. The fourth-order valence-electron chi connectivity index (χ4n) is 3.31. The number of methoxy groups -OCH3 is 1. The normalized spacial score (nSPS) is 12.8. The van der Waals surface area contributed by atoms with E-state index < -0.39 is 11.9 Å². The average Bonchev–Trinajstić information content (AvgIpc) is 2.79. The van der Waals surface area contributed by atoms with E-state index in [1.807, 2.05) is 24.3 Å². The smallest absolute Gasteiger partial charge is 0.407 e. The predicted molar refractivity (Wildman–Crippen MR) is 116 cm³/mol. The van der Waals surface area contributed by atoms with Crippen LogP contribution in [0.4, 0.5) is 15.1 Å². The van der Waals surface area contributed by atoms with Crippen molar-refractivity contribution in [1.29, 1.82) is 0 Å². The zero-order valence-corrected chi connectivity index (χ0v) is 17.9. The van der Waals surface area contributed by atoms with Gasteiger partial charge >= 0.3 is 6.09 Å². The molecule has 1 aromatic heterocycles. The van der Waals surface area contributed by atoms with Crippen LogP contribution >= 0.6 is 11.6 Å². The highest BCUT2D eigenvalue weighted by Crippen LogP contribution is 2.34. The van der Waals surface area contributed by atoms with Gasteiger partial charge in [0.2, 0.25) is 11.8 Å². The van der Waals surface area contributed by atoms with Crippen LogP contribution in [0.5, 0.6) is 17.4 Å². The van der Waals surface area contributed by atoms with Gasteiger partial charge in [-0.25, -0.2) is 14.2 Å². The molecule has 0 unspecified atom stereocenters. The molecule has 4 rings (SSSR count). The third-order valence-corrected chi connectivity index (χ3v) is 5.30. The number of hydrogen-bond donors (Lipinski definition) is 2. The van der Waals surface area contributed by atoms with Gasteiger partial charge in [0.1, 0.15) is 17.3 Å². The van der Waals surface area contributed by atoms with Crippen molar-refractivity contribution in [3.05, 3.63) is 70.1 Å². The minimum Gasteiger partial charge on any atom is -0.497 e. The first-order valence-corrected chi connectivity index (χ1v) is 10.2. The fraction of sp³-hybridized carbons (Fsp3) is 0.227. The highest BCUT2D eigenvalue weighted by atomic mass is 35.5. The Morgan fingerprint density at radius 3 is 2.72 bits per heavy atom. The third-order valence-electron chi connectivity index (χ3n) is 5.01. The van der Waals surface area contributed by atoms with E-state index in [2.05, 4.69) is 15.3 Å². The zero-order valence-electron chi connectivity index (χ0n) is 17.1. The lowest BCUT2D eigenvalue weighted by atomic mass is 10.1. The number of amides is 1. The van der Waals surface area contributed by atoms with Gasteiger partial charge in [-0.1, -0.05) is 23.7 Å². The Hall–Kier alpha value is -3.59. The molecule has 1 aliphatic rings. The first-order chi connectivity index (χ1) is 15.4. The highest BCUT2D eigenvalue weighted by molar-refractivity contribution is 6.32. The average molecular weight is 459 g/mol. The summed E-state index contributed by atoms with van der Waals surface area (Å²) in [6.07, 6.45) is -0.639. The van der Waals surface area contributed by atoms with Gasteiger partial charge < -0.3 is 24.8 Å². The summed E-state index contributed by atoms with van der Waals surface area (Å²) >= 11 is 6.11. The molecule has 0 aliphatic carbocycles. The number of rotatable bonds is 6. The minimum absolute atomic E-state index is 0.105. The van der Waals surface area contributed by atoms with Gasteiger partial charge in [-0.15, -0.1) is 0 Å². The molecule has 3 aromatic rings. The number of anilines is 1. The van der Waals surface area contributed by atoms with Gasteiger partial charge in [-0.3, -0.25) is 0 Å². The van der Waals surface area contributed by atoms with E-state index in [4.69, 9.17) is 21.1 Å². The van der Waals surface area contributed by atoms with Gasteiger partial charge in [0.05, 0.1) is 24.4 Å². The molecule has 2 heterocycles. The summed E-state index contributed by atoms with van der Waals surface area (Å²) in [4.78, 5) is 21.7. The Balaban J connectivity index is 1.63. The lowest BCUT2D eigenvalue weighted by molar-refractivity contribution is 0.138. The van der Waals surface area contributed by atoms with Crippen molar-refractivity contribution in [2.45, 2.75) is 19.5 Å². The first-order valence-electron chi connectivity index (χ1n) is 9.80. The number of fused-ring (bicyclic) bond motifs is 1. The monoisotopic (exact) mass is 458 g/mol. The number of carbonyl (C=O) groups is 1. The van der Waals surface area contributed by atoms with Crippen molar-refractivity contribution in [3.8, 4) is 17.4 Å². The summed E-state index contributed by atoms with van der Waals surface area (Å²) in [5.74, 6) is 1.05. The van der Waals surface area contributed by atoms with Crippen LogP contribution in [-0.4, -0.2) is 39.7 Å². The van der Waals surface area contributed by atoms with Crippen LogP contribution in [0.15, 0.2) is 42.5 Å². The van der Waals surface area contributed by atoms with Crippen LogP contribution in [0.25, 0.3) is 0 Å². The Kier molecular flexibility index (Phi) is 6.27. The number of carboxylic acid groups (broad SMARTS) is 1. The van der Waals surface area contributed by atoms with E-state index in [1.54, 1.807) is 7.11 Å². The molecule has 0 fully saturated rings. The Morgan fingerprint density at radius 1 is 1.25 bits per heavy atom. The Bertz CT molecular complexity index is 1140. The van der Waals surface area contributed by atoms with E-state index in [0.717, 1.165) is 17.4 Å². The number of hydrogen-bond acceptors (Lipinski definition) is 6. The van der Waals surface area contributed by atoms with E-state index in [9.17, 15) is 14.3 Å². The first kappa shape index (κ1) is 21.6. The lowest BCUT2D eigenvalue weighted by Gasteiger charge is -2.27. The molecule has 32 heavy (non-hydrogen) atoms. The summed E-state index contributed by atoms with van der Waals surface area (Å²) in [5.41, 5.74) is 2.21. The molecular formula is C22H20ClFN4O4. The molecule has 0 radical (unpaired) electrons. The van der Waals surface area contributed by atoms with E-state index in [0.29, 0.717) is 24.2 Å². The van der Waals surface area contributed by atoms with Crippen molar-refractivity contribution in [2.24, 2.45) is 0 Å². The number of halogens is 2. The molecule has 2 aromatic carbocycles. The molecule has 0 saturated heterocycles. The molecule has 10 heteroatoms. The van der Waals surface area contributed by atoms with Crippen LogP contribution in [0.1, 0.15) is 16.8 Å². The van der Waals surface area contributed by atoms with Crippen LogP contribution in [-0.2, 0) is 19.5 Å². The third kappa shape index (κ3) is 4.83. The van der Waals surface area contributed by atoms with Crippen LogP contribution in [0.3, 0.4) is 0 Å². The van der Waals surface area contributed by atoms with Crippen molar-refractivity contribution in [1.82, 2.24) is 14.9 Å². The van der Waals surface area contributed by atoms with Gasteiger partial charge in [-0.05, 0) is 42.3 Å². The lowest BCUT2D eigenvalue weighted by Crippen LogP contribution is -2.35. The SMILES string of the molecule is COc1ccc(CNc2nc3c(c(Oc4ccc(F)cc4Cl)n2)CCN(C(=O)O)C3)cc1. The molecule has 0 atom stereocenters. The Morgan fingerprint density at radius 2 is 2.03 bits per heavy atom. The summed E-state index contributed by atoms with van der Waals surface area (Å²) in [6, 6.07) is 11.3. The Labute approximate surface area is 188 Å². The molecule has 1 aliphatic heterocycles. The largest absolute Gasteiger partial charge is 0.497 e. The van der Waals surface area contributed by atoms with Crippen LogP contribution < -0.4 is 14.8 Å². The maximum Gasteiger partial charge on any atom is 0.407 e. The van der Waals surface area contributed by atoms with Gasteiger partial charge in [-0.2, -0.15) is 4.98 Å². The molecule has 0 spiro atoms. The van der Waals surface area contributed by atoms with Crippen molar-refractivity contribution in [2.75, 3.05) is 19.0 Å². The van der Waals surface area contributed by atoms with E-state index >= 15 is 0 Å². The van der Waals surface area contributed by atoms with E-state index in [-0.39, 0.29) is 35.7 Å². The molecule has 2 N–H and O–H groups in total. The van der Waals surface area contributed by atoms with Crippen LogP contribution in [0, 0.1) is 5.82 Å². The minimum atomic E-state index is -1.02. The number of aromatic nitrogens is 2. The second kappa shape index (κ2) is 9.27. The molecule has 166 valence electrons. The van der Waals surface area contributed by atoms with Crippen molar-refractivity contribution < 1.29 is 23.8 Å². The standard InChI is InChI=1S/C22H20ClFN4O4/c1-31-15-5-2-13(3-6-15)11-25-21-26-18-12-28(22(29)30)9-8-16(18)20(27-21)32-19-7-4-14(24)10-17(19)23/h2-7,10H,8-9,11-12H2,1H3,(H,29,30)(H,25,26,27). The van der Waals surface area contributed by atoms with Crippen LogP contribution in [0.2, 0.25) is 5.02 Å². The topological polar surface area (TPSA) is 96.8 Å². The van der Waals surface area contributed by atoms with Gasteiger partial charge in [0.25, 0.3) is 0 Å². The number of ether oxygens (including phenoxy) is 2. The summed E-state index contributed by atoms with van der Waals surface area (Å²) < 4.78 is 24.5. The van der Waals surface area contributed by atoms with Crippen molar-refractivity contribution >= 4 is 23.6 Å². The molecule has 1 amide bonds. The molecule has 8 nitrogen and oxygen atoms in total. The summed E-state index contributed by atoms with van der Waals surface area (Å²) in [5, 5.41) is 12.6. The highest BCUT2D eigenvalue weighted by Gasteiger charge is 2.26. The number of nitrogens with zero attached hydrogens (tertiary/aromatic N) is 3. The number of benzene rings is 2. The van der Waals surface area contributed by atoms with E-state index in [1.165, 1.54) is 17.0 Å². The number of nitrogens with one attached hydrogen (secondary N) is 1. The zero-order chi connectivity index (χ0) is 22.7. The maximum atomic E-state index is 13.4. The predicted octanol–water partition coefficient (Wildman–Crippen LogP) is 4.72. The second-order valence-electron chi connectivity index (χ2n) is 7.11. The summed E-state index contributed by atoms with van der Waals surface area (Å²) in [6.45, 7) is 0.831. The van der Waals surface area contributed by atoms with Gasteiger partial charge in [0.15, 0.2) is 0 Å². The molecule has 0 saturated carbocycles. The maximum absolute atomic E-state index is 13.4. The second-order valence-corrected chi connectivity index (χ2v) is 7.52. The summed E-state index contributed by atoms with van der Waals surface area (Å²) in [7, 11) is 1.60.